The van der Waals surface area contributed by atoms with Gasteiger partial charge >= 0.3 is 0 Å². The van der Waals surface area contributed by atoms with Crippen molar-refractivity contribution in [1.82, 2.24) is 15.1 Å². The maximum atomic E-state index is 4.61. The normalized spacial score (nSPS) is 18.3. The molecule has 3 rings (SSSR count). The van der Waals surface area contributed by atoms with Crippen molar-refractivity contribution >= 4 is 0 Å². The lowest BCUT2D eigenvalue weighted by Crippen LogP contribution is -2.10. The van der Waals surface area contributed by atoms with Crippen LogP contribution in [0.15, 0.2) is 36.5 Å². The molecule has 0 saturated carbocycles. The van der Waals surface area contributed by atoms with E-state index in [0.29, 0.717) is 6.04 Å². The molecular weight excluding hydrogens is 210 g/mol. The van der Waals surface area contributed by atoms with E-state index in [4.69, 9.17) is 0 Å². The van der Waals surface area contributed by atoms with E-state index in [9.17, 15) is 0 Å². The van der Waals surface area contributed by atoms with Crippen LogP contribution < -0.4 is 5.32 Å². The van der Waals surface area contributed by atoms with Gasteiger partial charge in [0.1, 0.15) is 0 Å². The number of fused-ring (bicyclic) bond motifs is 1. The van der Waals surface area contributed by atoms with Gasteiger partial charge in [-0.2, -0.15) is 5.10 Å². The van der Waals surface area contributed by atoms with Crippen molar-refractivity contribution in [2.45, 2.75) is 32.5 Å². The summed E-state index contributed by atoms with van der Waals surface area (Å²) in [5.41, 5.74) is 3.94. The van der Waals surface area contributed by atoms with Crippen molar-refractivity contribution in [3.05, 3.63) is 53.3 Å². The van der Waals surface area contributed by atoms with Gasteiger partial charge in [-0.15, -0.1) is 0 Å². The Hall–Kier alpha value is -1.61. The van der Waals surface area contributed by atoms with Crippen LogP contribution >= 0.6 is 0 Å². The van der Waals surface area contributed by atoms with Gasteiger partial charge < -0.3 is 5.32 Å². The van der Waals surface area contributed by atoms with Gasteiger partial charge in [0.15, 0.2) is 0 Å². The first kappa shape index (κ1) is 10.5. The Morgan fingerprint density at radius 1 is 1.35 bits per heavy atom. The van der Waals surface area contributed by atoms with Gasteiger partial charge in [0.25, 0.3) is 0 Å². The number of nitrogens with one attached hydrogen (secondary N) is 1. The van der Waals surface area contributed by atoms with Crippen LogP contribution in [0.25, 0.3) is 0 Å². The number of hydrogen-bond acceptors (Lipinski definition) is 2. The molecule has 1 aliphatic heterocycles. The van der Waals surface area contributed by atoms with Crippen molar-refractivity contribution in [3.63, 3.8) is 0 Å². The van der Waals surface area contributed by atoms with Crippen molar-refractivity contribution in [2.75, 3.05) is 0 Å². The highest BCUT2D eigenvalue weighted by Crippen LogP contribution is 2.23. The molecular formula is C14H17N3. The first-order chi connectivity index (χ1) is 8.33. The molecule has 0 fully saturated rings. The molecule has 88 valence electrons. The Morgan fingerprint density at radius 3 is 2.94 bits per heavy atom. The molecule has 1 N–H and O–H groups in total. The fourth-order valence-corrected chi connectivity index (χ4v) is 2.34. The third kappa shape index (κ3) is 2.11. The topological polar surface area (TPSA) is 29.9 Å². The predicted molar refractivity (Wildman–Crippen MR) is 67.6 cm³/mol. The van der Waals surface area contributed by atoms with Crippen LogP contribution in [-0.4, -0.2) is 9.78 Å². The van der Waals surface area contributed by atoms with E-state index in [2.05, 4.69) is 58.5 Å². The summed E-state index contributed by atoms with van der Waals surface area (Å²) in [7, 11) is 0. The quantitative estimate of drug-likeness (QED) is 0.872. The number of aryl methyl sites for hydroxylation is 2. The average molecular weight is 227 g/mol. The Kier molecular flexibility index (Phi) is 2.69. The van der Waals surface area contributed by atoms with E-state index < -0.39 is 0 Å². The minimum Gasteiger partial charge on any atom is -0.304 e. The van der Waals surface area contributed by atoms with Gasteiger partial charge in [0.2, 0.25) is 0 Å². The van der Waals surface area contributed by atoms with Crippen molar-refractivity contribution in [2.24, 2.45) is 0 Å². The standard InChI is InChI=1S/C14H17N3/c1-11-13-10-17(16-14(13)9-15-11)8-7-12-5-3-2-4-6-12/h2-6,10-11,15H,7-9H2,1H3. The fourth-order valence-electron chi connectivity index (χ4n) is 2.34. The first-order valence-electron chi connectivity index (χ1n) is 6.16. The van der Waals surface area contributed by atoms with Gasteiger partial charge in [-0.3, -0.25) is 4.68 Å². The van der Waals surface area contributed by atoms with Crippen LogP contribution in [0.4, 0.5) is 0 Å². The van der Waals surface area contributed by atoms with E-state index >= 15 is 0 Å². The molecule has 2 heterocycles. The van der Waals surface area contributed by atoms with Gasteiger partial charge in [0, 0.05) is 30.9 Å². The molecule has 1 atom stereocenters. The summed E-state index contributed by atoms with van der Waals surface area (Å²) < 4.78 is 2.08. The summed E-state index contributed by atoms with van der Waals surface area (Å²) in [5, 5.41) is 8.00. The molecule has 0 amide bonds. The van der Waals surface area contributed by atoms with Gasteiger partial charge in [-0.05, 0) is 18.9 Å². The SMILES string of the molecule is CC1NCc2nn(CCc3ccccc3)cc21. The van der Waals surface area contributed by atoms with Crippen LogP contribution in [0.2, 0.25) is 0 Å². The Balaban J connectivity index is 1.69. The number of hydrogen-bond donors (Lipinski definition) is 1. The molecule has 1 unspecified atom stereocenters. The second-order valence-corrected chi connectivity index (χ2v) is 4.63. The minimum atomic E-state index is 0.454. The van der Waals surface area contributed by atoms with Crippen LogP contribution in [-0.2, 0) is 19.5 Å². The van der Waals surface area contributed by atoms with Crippen LogP contribution in [0.1, 0.15) is 29.8 Å². The predicted octanol–water partition coefficient (Wildman–Crippen LogP) is 2.29. The zero-order chi connectivity index (χ0) is 11.7. The highest BCUT2D eigenvalue weighted by atomic mass is 15.3. The second-order valence-electron chi connectivity index (χ2n) is 4.63. The van der Waals surface area contributed by atoms with Gasteiger partial charge in [-0.25, -0.2) is 0 Å². The summed E-state index contributed by atoms with van der Waals surface area (Å²) in [6.45, 7) is 4.06. The Labute approximate surface area is 101 Å². The van der Waals surface area contributed by atoms with Gasteiger partial charge in [0.05, 0.1) is 5.69 Å². The summed E-state index contributed by atoms with van der Waals surface area (Å²) >= 11 is 0. The third-order valence-corrected chi connectivity index (χ3v) is 3.39. The maximum Gasteiger partial charge on any atom is 0.0810 e. The molecule has 3 nitrogen and oxygen atoms in total. The summed E-state index contributed by atoms with van der Waals surface area (Å²) in [6.07, 6.45) is 3.23. The number of benzene rings is 1. The van der Waals surface area contributed by atoms with Crippen LogP contribution in [0.3, 0.4) is 0 Å². The molecule has 0 saturated heterocycles. The Bertz CT molecular complexity index is 501. The van der Waals surface area contributed by atoms with Gasteiger partial charge in [-0.1, -0.05) is 30.3 Å². The minimum absolute atomic E-state index is 0.454. The molecule has 0 radical (unpaired) electrons. The Morgan fingerprint density at radius 2 is 2.18 bits per heavy atom. The molecule has 0 bridgehead atoms. The molecule has 17 heavy (non-hydrogen) atoms. The summed E-state index contributed by atoms with van der Waals surface area (Å²) in [4.78, 5) is 0. The fraction of sp³-hybridized carbons (Fsp3) is 0.357. The lowest BCUT2D eigenvalue weighted by molar-refractivity contribution is 0.570. The molecule has 2 aromatic rings. The highest BCUT2D eigenvalue weighted by molar-refractivity contribution is 5.25. The highest BCUT2D eigenvalue weighted by Gasteiger charge is 2.21. The lowest BCUT2D eigenvalue weighted by atomic mass is 10.1. The second kappa shape index (κ2) is 4.34. The van der Waals surface area contributed by atoms with E-state index in [0.717, 1.165) is 19.5 Å². The van der Waals surface area contributed by atoms with Crippen molar-refractivity contribution in [1.29, 1.82) is 0 Å². The van der Waals surface area contributed by atoms with E-state index in [1.54, 1.807) is 0 Å². The molecule has 3 heteroatoms. The molecule has 0 spiro atoms. The zero-order valence-electron chi connectivity index (χ0n) is 10.1. The number of aromatic nitrogens is 2. The molecule has 1 aromatic carbocycles. The summed E-state index contributed by atoms with van der Waals surface area (Å²) in [6, 6.07) is 11.0. The zero-order valence-corrected chi connectivity index (χ0v) is 10.1. The number of nitrogens with zero attached hydrogens (tertiary/aromatic N) is 2. The smallest absolute Gasteiger partial charge is 0.0810 e. The average Bonchev–Trinajstić information content (AvgIpc) is 2.91. The van der Waals surface area contributed by atoms with E-state index in [-0.39, 0.29) is 0 Å². The molecule has 0 aliphatic carbocycles. The van der Waals surface area contributed by atoms with Crippen LogP contribution in [0.5, 0.6) is 0 Å². The van der Waals surface area contributed by atoms with E-state index in [1.807, 2.05) is 0 Å². The van der Waals surface area contributed by atoms with Crippen LogP contribution in [0, 0.1) is 0 Å². The maximum absolute atomic E-state index is 4.61. The largest absolute Gasteiger partial charge is 0.304 e. The number of rotatable bonds is 3. The third-order valence-electron chi connectivity index (χ3n) is 3.39. The van der Waals surface area contributed by atoms with Crippen molar-refractivity contribution in [3.8, 4) is 0 Å². The first-order valence-corrected chi connectivity index (χ1v) is 6.16. The molecule has 1 aliphatic rings. The molecule has 1 aromatic heterocycles. The lowest BCUT2D eigenvalue weighted by Gasteiger charge is -2.04. The van der Waals surface area contributed by atoms with E-state index in [1.165, 1.54) is 16.8 Å². The summed E-state index contributed by atoms with van der Waals surface area (Å²) in [5.74, 6) is 0. The van der Waals surface area contributed by atoms with Crippen molar-refractivity contribution < 1.29 is 0 Å². The monoisotopic (exact) mass is 227 g/mol.